The number of amides is 1. The van der Waals surface area contributed by atoms with Gasteiger partial charge in [-0.3, -0.25) is 9.59 Å². The van der Waals surface area contributed by atoms with Gasteiger partial charge in [-0.1, -0.05) is 13.8 Å². The molecule has 2 aromatic rings. The molecule has 1 aromatic carbocycles. The number of Topliss-reactive ketones (excluding diaryl/α,β-unsaturated/α-hetero) is 1. The number of primary amides is 1. The van der Waals surface area contributed by atoms with Gasteiger partial charge in [0.25, 0.3) is 5.91 Å². The Bertz CT molecular complexity index is 1140. The number of anilines is 1. The zero-order chi connectivity index (χ0) is 24.2. The first-order chi connectivity index (χ1) is 16.1. The van der Waals surface area contributed by atoms with Crippen molar-refractivity contribution in [1.29, 1.82) is 0 Å². The van der Waals surface area contributed by atoms with Crippen LogP contribution in [0.5, 0.6) is 0 Å². The molecule has 182 valence electrons. The lowest BCUT2D eigenvalue weighted by molar-refractivity contribution is 0.0909. The summed E-state index contributed by atoms with van der Waals surface area (Å²) < 4.78 is 17.7. The molecule has 34 heavy (non-hydrogen) atoms. The van der Waals surface area contributed by atoms with Gasteiger partial charge in [0.15, 0.2) is 11.6 Å². The Morgan fingerprint density at radius 2 is 1.91 bits per heavy atom. The summed E-state index contributed by atoms with van der Waals surface area (Å²) in [5.74, 6) is -0.698. The second-order valence-electron chi connectivity index (χ2n) is 11.1. The summed E-state index contributed by atoms with van der Waals surface area (Å²) in [4.78, 5) is 25.2. The summed E-state index contributed by atoms with van der Waals surface area (Å²) in [6.07, 6.45) is 6.32. The summed E-state index contributed by atoms with van der Waals surface area (Å²) in [5.41, 5.74) is 7.86. The van der Waals surface area contributed by atoms with Crippen molar-refractivity contribution in [3.05, 3.63) is 40.5 Å². The molecular weight excluding hydrogens is 435 g/mol. The summed E-state index contributed by atoms with van der Waals surface area (Å²) in [6, 6.07) is 3.00. The van der Waals surface area contributed by atoms with E-state index in [1.165, 1.54) is 12.1 Å². The maximum Gasteiger partial charge on any atom is 0.250 e. The number of nitrogens with zero attached hydrogens (tertiary/aromatic N) is 2. The van der Waals surface area contributed by atoms with Crippen molar-refractivity contribution in [1.82, 2.24) is 9.78 Å². The number of hydrogen-bond acceptors (Lipinski definition) is 5. The Morgan fingerprint density at radius 1 is 1.21 bits per heavy atom. The third-order valence-corrected chi connectivity index (χ3v) is 7.46. The van der Waals surface area contributed by atoms with Gasteiger partial charge in [0, 0.05) is 12.5 Å². The Balaban J connectivity index is 1.60. The molecular formula is C26H33FN4O3. The maximum absolute atomic E-state index is 16.1. The molecule has 8 heteroatoms. The molecule has 2 fully saturated rings. The van der Waals surface area contributed by atoms with Crippen LogP contribution >= 0.6 is 0 Å². The van der Waals surface area contributed by atoms with E-state index in [-0.39, 0.29) is 40.3 Å². The van der Waals surface area contributed by atoms with Gasteiger partial charge in [-0.25, -0.2) is 9.07 Å². The van der Waals surface area contributed by atoms with E-state index in [0.717, 1.165) is 30.7 Å². The lowest BCUT2D eigenvalue weighted by Crippen LogP contribution is -2.30. The number of ketones is 1. The van der Waals surface area contributed by atoms with E-state index in [0.29, 0.717) is 50.0 Å². The second kappa shape index (κ2) is 8.48. The van der Waals surface area contributed by atoms with Crippen molar-refractivity contribution in [3.8, 4) is 5.69 Å². The highest BCUT2D eigenvalue weighted by atomic mass is 19.1. The zero-order valence-electron chi connectivity index (χ0n) is 19.9. The van der Waals surface area contributed by atoms with Crippen LogP contribution in [0.1, 0.15) is 90.9 Å². The Morgan fingerprint density at radius 3 is 2.56 bits per heavy atom. The second-order valence-corrected chi connectivity index (χ2v) is 11.1. The summed E-state index contributed by atoms with van der Waals surface area (Å²) in [5, 5.41) is 17.8. The van der Waals surface area contributed by atoms with Crippen molar-refractivity contribution in [2.75, 3.05) is 5.32 Å². The predicted molar refractivity (Wildman–Crippen MR) is 127 cm³/mol. The van der Waals surface area contributed by atoms with Gasteiger partial charge < -0.3 is 16.2 Å². The maximum atomic E-state index is 16.1. The zero-order valence-corrected chi connectivity index (χ0v) is 19.9. The molecule has 1 amide bonds. The van der Waals surface area contributed by atoms with Crippen LogP contribution in [-0.4, -0.2) is 38.7 Å². The fourth-order valence-corrected chi connectivity index (χ4v) is 5.46. The first kappa shape index (κ1) is 23.0. The van der Waals surface area contributed by atoms with E-state index in [1.54, 1.807) is 4.68 Å². The molecule has 1 heterocycles. The van der Waals surface area contributed by atoms with Crippen molar-refractivity contribution < 1.29 is 19.1 Å². The van der Waals surface area contributed by atoms with Crippen LogP contribution < -0.4 is 11.1 Å². The fourth-order valence-electron chi connectivity index (χ4n) is 5.46. The van der Waals surface area contributed by atoms with E-state index in [9.17, 15) is 14.7 Å². The SMILES string of the molecule is CC1(C)CC(=O)c2c(CC3CC3)nn(-c3ccc(C(N)=O)c(N[C@H]4CC[C@H](O)CC4)c3F)c2C1. The topological polar surface area (TPSA) is 110 Å². The first-order valence-corrected chi connectivity index (χ1v) is 12.3. The average molecular weight is 469 g/mol. The van der Waals surface area contributed by atoms with E-state index in [1.807, 2.05) is 13.8 Å². The first-order valence-electron chi connectivity index (χ1n) is 12.3. The van der Waals surface area contributed by atoms with Gasteiger partial charge in [0.1, 0.15) is 5.69 Å². The number of carbonyl (C=O) groups excluding carboxylic acids is 2. The standard InChI is InChI=1S/C26H33FN4O3/c1-26(2)12-20-22(21(33)13-26)18(11-14-3-4-14)30-31(20)19-10-9-17(25(28)34)24(23(19)27)29-15-5-7-16(32)8-6-15/h9-10,14-16,29,32H,3-8,11-13H2,1-2H3,(H2,28,34)/t15-,16-. The molecule has 0 aliphatic heterocycles. The van der Waals surface area contributed by atoms with Crippen LogP contribution in [-0.2, 0) is 12.8 Å². The monoisotopic (exact) mass is 468 g/mol. The van der Waals surface area contributed by atoms with Crippen LogP contribution in [0.2, 0.25) is 0 Å². The van der Waals surface area contributed by atoms with Crippen LogP contribution in [0.25, 0.3) is 5.69 Å². The molecule has 2 saturated carbocycles. The quantitative estimate of drug-likeness (QED) is 0.595. The Kier molecular flexibility index (Phi) is 5.74. The number of fused-ring (bicyclic) bond motifs is 1. The van der Waals surface area contributed by atoms with E-state index < -0.39 is 11.7 Å². The number of aromatic nitrogens is 2. The van der Waals surface area contributed by atoms with Crippen molar-refractivity contribution in [2.45, 2.75) is 83.8 Å². The number of halogens is 1. The number of hydrogen-bond donors (Lipinski definition) is 3. The normalized spacial score (nSPS) is 24.1. The number of rotatable bonds is 6. The summed E-state index contributed by atoms with van der Waals surface area (Å²) in [6.45, 7) is 4.09. The van der Waals surface area contributed by atoms with Crippen LogP contribution in [0.4, 0.5) is 10.1 Å². The minimum absolute atomic E-state index is 0.0660. The number of nitrogens with one attached hydrogen (secondary N) is 1. The highest BCUT2D eigenvalue weighted by Crippen LogP contribution is 2.41. The van der Waals surface area contributed by atoms with E-state index >= 15 is 4.39 Å². The van der Waals surface area contributed by atoms with Crippen molar-refractivity contribution in [3.63, 3.8) is 0 Å². The highest BCUT2D eigenvalue weighted by molar-refractivity contribution is 6.00. The van der Waals surface area contributed by atoms with Gasteiger partial charge >= 0.3 is 0 Å². The molecule has 0 spiro atoms. The van der Waals surface area contributed by atoms with Gasteiger partial charge in [-0.2, -0.15) is 5.10 Å². The van der Waals surface area contributed by atoms with E-state index in [2.05, 4.69) is 5.32 Å². The third kappa shape index (κ3) is 4.35. The number of carbonyl (C=O) groups is 2. The minimum Gasteiger partial charge on any atom is -0.393 e. The van der Waals surface area contributed by atoms with Gasteiger partial charge in [-0.15, -0.1) is 0 Å². The highest BCUT2D eigenvalue weighted by Gasteiger charge is 2.38. The number of nitrogens with two attached hydrogens (primary N) is 1. The molecule has 5 rings (SSSR count). The molecule has 3 aliphatic carbocycles. The predicted octanol–water partition coefficient (Wildman–Crippen LogP) is 3.93. The molecule has 4 N–H and O–H groups in total. The Labute approximate surface area is 198 Å². The van der Waals surface area contributed by atoms with Crippen LogP contribution in [0.15, 0.2) is 12.1 Å². The Hall–Kier alpha value is -2.74. The minimum atomic E-state index is -0.711. The summed E-state index contributed by atoms with van der Waals surface area (Å²) >= 11 is 0. The lowest BCUT2D eigenvalue weighted by atomic mass is 9.75. The number of aliphatic hydroxyl groups is 1. The smallest absolute Gasteiger partial charge is 0.250 e. The third-order valence-electron chi connectivity index (χ3n) is 7.46. The molecule has 1 aromatic heterocycles. The molecule has 0 atom stereocenters. The van der Waals surface area contributed by atoms with Crippen LogP contribution in [0.3, 0.4) is 0 Å². The van der Waals surface area contributed by atoms with Crippen molar-refractivity contribution >= 4 is 17.4 Å². The van der Waals surface area contributed by atoms with E-state index in [4.69, 9.17) is 10.8 Å². The molecule has 3 aliphatic rings. The fraction of sp³-hybridized carbons (Fsp3) is 0.577. The number of benzene rings is 1. The molecule has 0 saturated heterocycles. The van der Waals surface area contributed by atoms with Gasteiger partial charge in [0.2, 0.25) is 0 Å². The number of aliphatic hydroxyl groups excluding tert-OH is 1. The molecule has 0 unspecified atom stereocenters. The lowest BCUT2D eigenvalue weighted by Gasteiger charge is -2.30. The molecule has 0 bridgehead atoms. The largest absolute Gasteiger partial charge is 0.393 e. The van der Waals surface area contributed by atoms with Gasteiger partial charge in [-0.05, 0) is 74.8 Å². The van der Waals surface area contributed by atoms with Crippen molar-refractivity contribution in [2.24, 2.45) is 17.1 Å². The average Bonchev–Trinajstić information content (AvgIpc) is 3.50. The van der Waals surface area contributed by atoms with Gasteiger partial charge in [0.05, 0.1) is 34.3 Å². The molecule has 0 radical (unpaired) electrons. The van der Waals surface area contributed by atoms with Crippen LogP contribution in [0, 0.1) is 17.2 Å². The molecule has 7 nitrogen and oxygen atoms in total. The summed E-state index contributed by atoms with van der Waals surface area (Å²) in [7, 11) is 0.